The Hall–Kier alpha value is -2.95. The molecule has 27 heavy (non-hydrogen) atoms. The average Bonchev–Trinajstić information content (AvgIpc) is 3.02. The highest BCUT2D eigenvalue weighted by Gasteiger charge is 2.29. The van der Waals surface area contributed by atoms with E-state index in [9.17, 15) is 9.59 Å². The lowest BCUT2D eigenvalue weighted by Crippen LogP contribution is -2.26. The van der Waals surface area contributed by atoms with Gasteiger partial charge in [-0.05, 0) is 43.2 Å². The summed E-state index contributed by atoms with van der Waals surface area (Å²) in [5.41, 5.74) is 6.18. The summed E-state index contributed by atoms with van der Waals surface area (Å²) >= 11 is 0. The molecule has 2 heterocycles. The van der Waals surface area contributed by atoms with Crippen LogP contribution in [-0.2, 0) is 12.8 Å². The number of amides is 1. The lowest BCUT2D eigenvalue weighted by molar-refractivity contribution is 0.0825. The molecule has 3 aromatic rings. The molecule has 4 rings (SSSR count). The van der Waals surface area contributed by atoms with Gasteiger partial charge in [-0.25, -0.2) is 4.98 Å². The number of fused-ring (bicyclic) bond motifs is 3. The Morgan fingerprint density at radius 1 is 1.22 bits per heavy atom. The van der Waals surface area contributed by atoms with E-state index in [4.69, 9.17) is 0 Å². The second kappa shape index (κ2) is 6.65. The number of aldehydes is 1. The molecule has 1 aliphatic carbocycles. The predicted molar refractivity (Wildman–Crippen MR) is 105 cm³/mol. The van der Waals surface area contributed by atoms with Gasteiger partial charge in [0.1, 0.15) is 11.3 Å². The minimum Gasteiger partial charge on any atom is -0.345 e. The van der Waals surface area contributed by atoms with Crippen molar-refractivity contribution in [1.29, 1.82) is 0 Å². The van der Waals surface area contributed by atoms with Gasteiger partial charge in [-0.1, -0.05) is 30.3 Å². The van der Waals surface area contributed by atoms with E-state index in [1.54, 1.807) is 29.6 Å². The average molecular weight is 361 g/mol. The highest BCUT2D eigenvalue weighted by Crippen LogP contribution is 2.36. The number of carbonyl (C=O) groups excluding carboxylic acids is 2. The zero-order valence-corrected chi connectivity index (χ0v) is 15.9. The number of rotatable bonds is 3. The Morgan fingerprint density at radius 3 is 2.63 bits per heavy atom. The number of aromatic nitrogens is 2. The quantitative estimate of drug-likeness (QED) is 0.672. The molecular weight excluding hydrogens is 338 g/mol. The fourth-order valence-electron chi connectivity index (χ4n) is 4.15. The lowest BCUT2D eigenvalue weighted by Gasteiger charge is -2.28. The van der Waals surface area contributed by atoms with Crippen molar-refractivity contribution in [1.82, 2.24) is 14.3 Å². The molecule has 5 nitrogen and oxygen atoms in total. The number of carbonyl (C=O) groups is 2. The standard InChI is InChI=1S/C22H23N3O2/c1-14-20(13-26)25-12-19(22(27)24(2)3)17-10-9-16(11-18(17)21(25)23-14)15-7-5-4-6-8-15/h4-8,12-13,16H,9-11H2,1-3H3. The molecule has 138 valence electrons. The van der Waals surface area contributed by atoms with E-state index in [0.717, 1.165) is 42.3 Å². The smallest absolute Gasteiger partial charge is 0.255 e. The zero-order valence-electron chi connectivity index (χ0n) is 15.9. The van der Waals surface area contributed by atoms with Gasteiger partial charge in [0, 0.05) is 25.9 Å². The molecule has 0 fully saturated rings. The van der Waals surface area contributed by atoms with Crippen molar-refractivity contribution in [2.45, 2.75) is 32.1 Å². The zero-order chi connectivity index (χ0) is 19.1. The van der Waals surface area contributed by atoms with Gasteiger partial charge in [0.25, 0.3) is 5.91 Å². The van der Waals surface area contributed by atoms with Crippen LogP contribution in [0.2, 0.25) is 0 Å². The first-order valence-corrected chi connectivity index (χ1v) is 9.26. The number of nitrogens with zero attached hydrogens (tertiary/aromatic N) is 3. The van der Waals surface area contributed by atoms with E-state index in [1.165, 1.54) is 5.56 Å². The van der Waals surface area contributed by atoms with E-state index in [0.29, 0.717) is 22.9 Å². The number of pyridine rings is 1. The van der Waals surface area contributed by atoms with Crippen LogP contribution in [0.25, 0.3) is 5.65 Å². The number of imidazole rings is 1. The van der Waals surface area contributed by atoms with Crippen molar-refractivity contribution in [3.05, 3.63) is 70.2 Å². The number of aryl methyl sites for hydroxylation is 1. The van der Waals surface area contributed by atoms with Gasteiger partial charge in [0.15, 0.2) is 6.29 Å². The minimum atomic E-state index is -0.0329. The van der Waals surface area contributed by atoms with Gasteiger partial charge in [-0.15, -0.1) is 0 Å². The number of hydrogen-bond donors (Lipinski definition) is 0. The molecule has 0 saturated heterocycles. The van der Waals surface area contributed by atoms with Crippen LogP contribution >= 0.6 is 0 Å². The Balaban J connectivity index is 1.93. The molecule has 1 aliphatic rings. The molecule has 2 aromatic heterocycles. The van der Waals surface area contributed by atoms with E-state index < -0.39 is 0 Å². The summed E-state index contributed by atoms with van der Waals surface area (Å²) in [5, 5.41) is 0. The van der Waals surface area contributed by atoms with Crippen molar-refractivity contribution in [3.63, 3.8) is 0 Å². The van der Waals surface area contributed by atoms with Gasteiger partial charge in [0.05, 0.1) is 11.3 Å². The fourth-order valence-corrected chi connectivity index (χ4v) is 4.15. The predicted octanol–water partition coefficient (Wildman–Crippen LogP) is 3.43. The first-order valence-electron chi connectivity index (χ1n) is 9.26. The van der Waals surface area contributed by atoms with Crippen LogP contribution in [0.4, 0.5) is 0 Å². The molecule has 0 saturated carbocycles. The molecule has 0 spiro atoms. The van der Waals surface area contributed by atoms with Crippen LogP contribution in [0.5, 0.6) is 0 Å². The van der Waals surface area contributed by atoms with Crippen LogP contribution in [-0.4, -0.2) is 40.6 Å². The van der Waals surface area contributed by atoms with Gasteiger partial charge in [0.2, 0.25) is 0 Å². The normalized spacial score (nSPS) is 16.2. The molecule has 0 radical (unpaired) electrons. The summed E-state index contributed by atoms with van der Waals surface area (Å²) in [7, 11) is 3.52. The molecule has 5 heteroatoms. The second-order valence-corrected chi connectivity index (χ2v) is 7.44. The third-order valence-corrected chi connectivity index (χ3v) is 5.56. The molecule has 1 aromatic carbocycles. The first-order chi connectivity index (χ1) is 13.0. The van der Waals surface area contributed by atoms with Crippen LogP contribution < -0.4 is 0 Å². The molecule has 0 N–H and O–H groups in total. The van der Waals surface area contributed by atoms with Crippen molar-refractivity contribution in [3.8, 4) is 0 Å². The largest absolute Gasteiger partial charge is 0.345 e. The summed E-state index contributed by atoms with van der Waals surface area (Å²) in [6.45, 7) is 1.84. The molecule has 1 atom stereocenters. The van der Waals surface area contributed by atoms with Crippen LogP contribution in [0, 0.1) is 6.92 Å². The van der Waals surface area contributed by atoms with Gasteiger partial charge in [-0.2, -0.15) is 0 Å². The van der Waals surface area contributed by atoms with Crippen molar-refractivity contribution in [2.24, 2.45) is 0 Å². The number of hydrogen-bond acceptors (Lipinski definition) is 3. The highest BCUT2D eigenvalue weighted by atomic mass is 16.2. The Bertz CT molecular complexity index is 1030. The molecule has 0 bridgehead atoms. The van der Waals surface area contributed by atoms with Crippen molar-refractivity contribution < 1.29 is 9.59 Å². The third-order valence-electron chi connectivity index (χ3n) is 5.56. The summed E-state index contributed by atoms with van der Waals surface area (Å²) in [5.74, 6) is 0.360. The lowest BCUT2D eigenvalue weighted by atomic mass is 9.79. The van der Waals surface area contributed by atoms with Crippen molar-refractivity contribution in [2.75, 3.05) is 14.1 Å². The molecule has 0 aliphatic heterocycles. The van der Waals surface area contributed by atoms with Crippen LogP contribution in [0.3, 0.4) is 0 Å². The topological polar surface area (TPSA) is 54.7 Å². The Labute approximate surface area is 158 Å². The van der Waals surface area contributed by atoms with Gasteiger partial charge >= 0.3 is 0 Å². The number of benzene rings is 1. The summed E-state index contributed by atoms with van der Waals surface area (Å²) < 4.78 is 1.80. The van der Waals surface area contributed by atoms with Gasteiger partial charge < -0.3 is 4.90 Å². The fraction of sp³-hybridized carbons (Fsp3) is 0.318. The van der Waals surface area contributed by atoms with Crippen LogP contribution in [0.15, 0.2) is 36.5 Å². The minimum absolute atomic E-state index is 0.0329. The monoisotopic (exact) mass is 361 g/mol. The summed E-state index contributed by atoms with van der Waals surface area (Å²) in [4.78, 5) is 30.7. The maximum absolute atomic E-state index is 12.8. The van der Waals surface area contributed by atoms with Crippen molar-refractivity contribution >= 4 is 17.8 Å². The van der Waals surface area contributed by atoms with E-state index >= 15 is 0 Å². The Kier molecular flexibility index (Phi) is 4.30. The van der Waals surface area contributed by atoms with Gasteiger partial charge in [-0.3, -0.25) is 14.0 Å². The maximum Gasteiger partial charge on any atom is 0.255 e. The SMILES string of the molecule is Cc1nc2c3c(c(C(=O)N(C)C)cn2c1C=O)CCC(c1ccccc1)C3. The summed E-state index contributed by atoms with van der Waals surface area (Å²) in [6, 6.07) is 10.5. The molecule has 1 amide bonds. The Morgan fingerprint density at radius 2 is 1.96 bits per heavy atom. The first kappa shape index (κ1) is 17.5. The summed E-state index contributed by atoms with van der Waals surface area (Å²) in [6.07, 6.45) is 5.28. The highest BCUT2D eigenvalue weighted by molar-refractivity contribution is 5.96. The maximum atomic E-state index is 12.8. The molecule has 1 unspecified atom stereocenters. The van der Waals surface area contributed by atoms with E-state index in [1.807, 2.05) is 13.0 Å². The molecular formula is C22H23N3O2. The third kappa shape index (κ3) is 2.83. The van der Waals surface area contributed by atoms with E-state index in [-0.39, 0.29) is 5.91 Å². The van der Waals surface area contributed by atoms with E-state index in [2.05, 4.69) is 29.2 Å². The second-order valence-electron chi connectivity index (χ2n) is 7.44. The van der Waals surface area contributed by atoms with Crippen LogP contribution in [0.1, 0.15) is 55.6 Å².